The maximum Gasteiger partial charge on any atom is 0.251 e. The Balaban J connectivity index is 1.95. The molecule has 0 aliphatic carbocycles. The van der Waals surface area contributed by atoms with Crippen LogP contribution in [0, 0.1) is 5.92 Å². The van der Waals surface area contributed by atoms with Gasteiger partial charge < -0.3 is 16.4 Å². The van der Waals surface area contributed by atoms with Crippen LogP contribution in [0.15, 0.2) is 24.3 Å². The molecule has 2 amide bonds. The average molecular weight is 275 g/mol. The minimum absolute atomic E-state index is 0.105. The molecule has 5 nitrogen and oxygen atoms in total. The summed E-state index contributed by atoms with van der Waals surface area (Å²) in [6.07, 6.45) is 2.17. The van der Waals surface area contributed by atoms with Gasteiger partial charge in [0.15, 0.2) is 0 Å². The Hall–Kier alpha value is -1.88. The Bertz CT molecular complexity index is 478. The first kappa shape index (κ1) is 14.5. The summed E-state index contributed by atoms with van der Waals surface area (Å²) >= 11 is 0. The minimum Gasteiger partial charge on any atom is -0.366 e. The molecule has 1 atom stereocenters. The molecule has 1 saturated heterocycles. The van der Waals surface area contributed by atoms with Crippen molar-refractivity contribution in [3.63, 3.8) is 0 Å². The third-order valence-electron chi connectivity index (χ3n) is 3.88. The fourth-order valence-electron chi connectivity index (χ4n) is 2.54. The first-order valence-electron chi connectivity index (χ1n) is 6.99. The van der Waals surface area contributed by atoms with Crippen molar-refractivity contribution in [2.75, 3.05) is 13.1 Å². The number of nitrogens with two attached hydrogens (primary N) is 1. The highest BCUT2D eigenvalue weighted by molar-refractivity contribution is 5.97. The van der Waals surface area contributed by atoms with E-state index in [2.05, 4.69) is 10.6 Å². The number of piperidine rings is 1. The summed E-state index contributed by atoms with van der Waals surface area (Å²) in [5.41, 5.74) is 6.13. The molecule has 0 spiro atoms. The van der Waals surface area contributed by atoms with Gasteiger partial charge >= 0.3 is 0 Å². The van der Waals surface area contributed by atoms with Crippen LogP contribution in [0.3, 0.4) is 0 Å². The van der Waals surface area contributed by atoms with Crippen molar-refractivity contribution in [3.05, 3.63) is 35.4 Å². The molecular weight excluding hydrogens is 254 g/mol. The third kappa shape index (κ3) is 3.57. The highest BCUT2D eigenvalue weighted by Crippen LogP contribution is 2.16. The van der Waals surface area contributed by atoms with E-state index in [4.69, 9.17) is 5.73 Å². The second kappa shape index (κ2) is 6.52. The summed E-state index contributed by atoms with van der Waals surface area (Å²) < 4.78 is 0. The van der Waals surface area contributed by atoms with Crippen molar-refractivity contribution in [2.45, 2.75) is 25.8 Å². The monoisotopic (exact) mass is 275 g/mol. The molecule has 1 aromatic rings. The van der Waals surface area contributed by atoms with Gasteiger partial charge in [0.05, 0.1) is 0 Å². The second-order valence-electron chi connectivity index (χ2n) is 5.29. The van der Waals surface area contributed by atoms with E-state index in [1.807, 2.05) is 6.92 Å². The maximum absolute atomic E-state index is 12.1. The van der Waals surface area contributed by atoms with Crippen molar-refractivity contribution in [3.8, 4) is 0 Å². The van der Waals surface area contributed by atoms with Crippen LogP contribution in [0.1, 0.15) is 40.5 Å². The standard InChI is InChI=1S/C15H21N3O2/c1-10(11-6-8-17-9-7-11)18-15(20)13-4-2-12(3-5-13)14(16)19/h2-5,10-11,17H,6-9H2,1H3,(H2,16,19)(H,18,20). The van der Waals surface area contributed by atoms with Gasteiger partial charge in [-0.2, -0.15) is 0 Å². The Morgan fingerprint density at radius 3 is 2.30 bits per heavy atom. The Morgan fingerprint density at radius 2 is 1.75 bits per heavy atom. The van der Waals surface area contributed by atoms with Crippen molar-refractivity contribution >= 4 is 11.8 Å². The quantitative estimate of drug-likeness (QED) is 0.763. The molecule has 1 heterocycles. The van der Waals surface area contributed by atoms with Crippen LogP contribution in [0.5, 0.6) is 0 Å². The van der Waals surface area contributed by atoms with E-state index in [9.17, 15) is 9.59 Å². The predicted molar refractivity (Wildman–Crippen MR) is 77.5 cm³/mol. The van der Waals surface area contributed by atoms with Crippen molar-refractivity contribution in [2.24, 2.45) is 11.7 Å². The molecule has 4 N–H and O–H groups in total. The first-order valence-corrected chi connectivity index (χ1v) is 6.99. The molecule has 0 bridgehead atoms. The largest absolute Gasteiger partial charge is 0.366 e. The van der Waals surface area contributed by atoms with Crippen LogP contribution < -0.4 is 16.4 Å². The Labute approximate surface area is 118 Å². The van der Waals surface area contributed by atoms with E-state index in [1.165, 1.54) is 0 Å². The lowest BCUT2D eigenvalue weighted by Gasteiger charge is -2.28. The molecular formula is C15H21N3O2. The van der Waals surface area contributed by atoms with Crippen LogP contribution in [0.25, 0.3) is 0 Å². The molecule has 1 unspecified atom stereocenters. The SMILES string of the molecule is CC(NC(=O)c1ccc(C(N)=O)cc1)C1CCNCC1. The van der Waals surface area contributed by atoms with Gasteiger partial charge in [0.2, 0.25) is 5.91 Å². The Kier molecular flexibility index (Phi) is 4.74. The lowest BCUT2D eigenvalue weighted by molar-refractivity contribution is 0.0919. The molecule has 1 fully saturated rings. The number of primary amides is 1. The summed E-state index contributed by atoms with van der Waals surface area (Å²) in [4.78, 5) is 23.1. The Morgan fingerprint density at radius 1 is 1.20 bits per heavy atom. The summed E-state index contributed by atoms with van der Waals surface area (Å²) in [7, 11) is 0. The van der Waals surface area contributed by atoms with E-state index >= 15 is 0 Å². The first-order chi connectivity index (χ1) is 9.58. The van der Waals surface area contributed by atoms with Gasteiger partial charge in [-0.1, -0.05) is 0 Å². The molecule has 2 rings (SSSR count). The number of carbonyl (C=O) groups is 2. The van der Waals surface area contributed by atoms with Crippen molar-refractivity contribution < 1.29 is 9.59 Å². The van der Waals surface area contributed by atoms with Crippen LogP contribution in [0.2, 0.25) is 0 Å². The average Bonchev–Trinajstić information content (AvgIpc) is 2.48. The van der Waals surface area contributed by atoms with E-state index in [0.717, 1.165) is 25.9 Å². The normalized spacial score (nSPS) is 17.4. The van der Waals surface area contributed by atoms with E-state index in [-0.39, 0.29) is 11.9 Å². The van der Waals surface area contributed by atoms with E-state index in [0.29, 0.717) is 17.0 Å². The van der Waals surface area contributed by atoms with Crippen molar-refractivity contribution in [1.82, 2.24) is 10.6 Å². The fraction of sp³-hybridized carbons (Fsp3) is 0.467. The minimum atomic E-state index is -0.486. The lowest BCUT2D eigenvalue weighted by atomic mass is 9.91. The molecule has 108 valence electrons. The van der Waals surface area contributed by atoms with Gasteiger partial charge in [-0.25, -0.2) is 0 Å². The molecule has 1 aliphatic heterocycles. The van der Waals surface area contributed by atoms with Gasteiger partial charge in [0.1, 0.15) is 0 Å². The van der Waals surface area contributed by atoms with Crippen LogP contribution in [-0.4, -0.2) is 30.9 Å². The lowest BCUT2D eigenvalue weighted by Crippen LogP contribution is -2.42. The van der Waals surface area contributed by atoms with Crippen molar-refractivity contribution in [1.29, 1.82) is 0 Å². The number of hydrogen-bond donors (Lipinski definition) is 3. The third-order valence-corrected chi connectivity index (χ3v) is 3.88. The van der Waals surface area contributed by atoms with Gasteiger partial charge in [-0.15, -0.1) is 0 Å². The number of nitrogens with one attached hydrogen (secondary N) is 2. The maximum atomic E-state index is 12.1. The van der Waals surface area contributed by atoms with Crippen LogP contribution >= 0.6 is 0 Å². The fourth-order valence-corrected chi connectivity index (χ4v) is 2.54. The number of benzene rings is 1. The molecule has 5 heteroatoms. The van der Waals surface area contributed by atoms with Crippen LogP contribution in [-0.2, 0) is 0 Å². The van der Waals surface area contributed by atoms with Crippen LogP contribution in [0.4, 0.5) is 0 Å². The number of rotatable bonds is 4. The van der Waals surface area contributed by atoms with Gasteiger partial charge in [-0.05, 0) is 63.0 Å². The highest BCUT2D eigenvalue weighted by Gasteiger charge is 2.21. The smallest absolute Gasteiger partial charge is 0.251 e. The number of hydrogen-bond acceptors (Lipinski definition) is 3. The zero-order valence-electron chi connectivity index (χ0n) is 11.7. The summed E-state index contributed by atoms with van der Waals surface area (Å²) in [6.45, 7) is 4.07. The summed E-state index contributed by atoms with van der Waals surface area (Å²) in [5, 5.41) is 6.35. The molecule has 20 heavy (non-hydrogen) atoms. The van der Waals surface area contributed by atoms with E-state index in [1.54, 1.807) is 24.3 Å². The van der Waals surface area contributed by atoms with E-state index < -0.39 is 5.91 Å². The van der Waals surface area contributed by atoms with Gasteiger partial charge in [0.25, 0.3) is 5.91 Å². The second-order valence-corrected chi connectivity index (χ2v) is 5.29. The van der Waals surface area contributed by atoms with Gasteiger partial charge in [0, 0.05) is 17.2 Å². The molecule has 0 aromatic heterocycles. The molecule has 1 aromatic carbocycles. The zero-order valence-corrected chi connectivity index (χ0v) is 11.7. The number of amides is 2. The molecule has 1 aliphatic rings. The number of carbonyl (C=O) groups excluding carboxylic acids is 2. The predicted octanol–water partition coefficient (Wildman–Crippen LogP) is 0.903. The molecule has 0 saturated carbocycles. The highest BCUT2D eigenvalue weighted by atomic mass is 16.2. The molecule has 0 radical (unpaired) electrons. The topological polar surface area (TPSA) is 84.2 Å². The summed E-state index contributed by atoms with van der Waals surface area (Å²) in [5.74, 6) is -0.0721. The zero-order chi connectivity index (χ0) is 14.5. The summed E-state index contributed by atoms with van der Waals surface area (Å²) in [6, 6.07) is 6.56. The van der Waals surface area contributed by atoms with Gasteiger partial charge in [-0.3, -0.25) is 9.59 Å².